The largest absolute Gasteiger partial charge is 0.325 e. The van der Waals surface area contributed by atoms with Gasteiger partial charge in [-0.25, -0.2) is 4.98 Å². The van der Waals surface area contributed by atoms with Gasteiger partial charge in [0.2, 0.25) is 5.91 Å². The maximum atomic E-state index is 12.8. The van der Waals surface area contributed by atoms with Gasteiger partial charge in [-0.1, -0.05) is 47.7 Å². The number of carbonyl (C=O) groups is 1. The highest BCUT2D eigenvalue weighted by Gasteiger charge is 2.17. The van der Waals surface area contributed by atoms with Crippen molar-refractivity contribution in [1.29, 1.82) is 0 Å². The Labute approximate surface area is 188 Å². The number of thioether (sulfide) groups is 1. The molecule has 2 aromatic heterocycles. The monoisotopic (exact) mass is 450 g/mol. The van der Waals surface area contributed by atoms with Crippen molar-refractivity contribution in [3.8, 4) is 11.3 Å². The molecule has 2 heterocycles. The molecule has 2 aromatic carbocycles. The summed E-state index contributed by atoms with van der Waals surface area (Å²) in [7, 11) is 1.67. The second-order valence-corrected chi connectivity index (χ2v) is 9.19. The molecule has 6 nitrogen and oxygen atoms in total. The molecule has 8 heteroatoms. The highest BCUT2D eigenvalue weighted by atomic mass is 32.2. The van der Waals surface area contributed by atoms with Crippen LogP contribution in [-0.2, 0) is 11.8 Å². The van der Waals surface area contributed by atoms with E-state index in [1.54, 1.807) is 7.05 Å². The predicted molar refractivity (Wildman–Crippen MR) is 128 cm³/mol. The Hall–Kier alpha value is -2.97. The molecule has 0 spiro atoms. The summed E-state index contributed by atoms with van der Waals surface area (Å²) in [5, 5.41) is 3.39. The first-order valence-corrected chi connectivity index (χ1v) is 11.5. The third-order valence-corrected chi connectivity index (χ3v) is 6.96. The van der Waals surface area contributed by atoms with Gasteiger partial charge in [0.15, 0.2) is 5.16 Å². The second-order valence-electron chi connectivity index (χ2n) is 7.47. The zero-order valence-electron chi connectivity index (χ0n) is 17.7. The van der Waals surface area contributed by atoms with E-state index in [1.165, 1.54) is 21.9 Å². The predicted octanol–water partition coefficient (Wildman–Crippen LogP) is 4.71. The minimum absolute atomic E-state index is 0.148. The molecule has 1 amide bonds. The minimum Gasteiger partial charge on any atom is -0.325 e. The van der Waals surface area contributed by atoms with Gasteiger partial charge >= 0.3 is 0 Å². The van der Waals surface area contributed by atoms with Crippen LogP contribution in [0, 0.1) is 20.8 Å². The smallest absolute Gasteiger partial charge is 0.273 e. The Bertz CT molecular complexity index is 1340. The number of fused-ring (bicyclic) bond motifs is 1. The quantitative estimate of drug-likeness (QED) is 0.352. The fourth-order valence-electron chi connectivity index (χ4n) is 3.12. The molecule has 4 aromatic rings. The molecule has 0 unspecified atom stereocenters. The molecule has 0 bridgehead atoms. The second kappa shape index (κ2) is 8.64. The lowest BCUT2D eigenvalue weighted by Crippen LogP contribution is -2.20. The Morgan fingerprint density at radius 1 is 1.10 bits per heavy atom. The molecular formula is C23H22N4O2S2. The lowest BCUT2D eigenvalue weighted by atomic mass is 10.1. The van der Waals surface area contributed by atoms with Crippen molar-refractivity contribution >= 4 is 45.1 Å². The van der Waals surface area contributed by atoms with Gasteiger partial charge in [0, 0.05) is 18.3 Å². The van der Waals surface area contributed by atoms with E-state index in [9.17, 15) is 9.59 Å². The van der Waals surface area contributed by atoms with Crippen molar-refractivity contribution in [2.75, 3.05) is 11.1 Å². The highest BCUT2D eigenvalue weighted by molar-refractivity contribution is 7.99. The van der Waals surface area contributed by atoms with Crippen LogP contribution in [0.15, 0.2) is 52.4 Å². The van der Waals surface area contributed by atoms with E-state index in [4.69, 9.17) is 4.98 Å². The molecular weight excluding hydrogens is 428 g/mol. The maximum Gasteiger partial charge on any atom is 0.273 e. The van der Waals surface area contributed by atoms with E-state index in [2.05, 4.69) is 9.69 Å². The average molecular weight is 451 g/mol. The fourth-order valence-corrected chi connectivity index (χ4v) is 4.70. The van der Waals surface area contributed by atoms with E-state index < -0.39 is 0 Å². The van der Waals surface area contributed by atoms with Gasteiger partial charge in [0.1, 0.15) is 15.9 Å². The van der Waals surface area contributed by atoms with Gasteiger partial charge < -0.3 is 5.32 Å². The first-order valence-electron chi connectivity index (χ1n) is 9.77. The fraction of sp³-hybridized carbons (Fsp3) is 0.217. The van der Waals surface area contributed by atoms with Gasteiger partial charge in [0.05, 0.1) is 5.75 Å². The normalized spacial score (nSPS) is 11.1. The molecule has 1 N–H and O–H groups in total. The minimum atomic E-state index is -0.155. The number of aryl methyl sites for hydroxylation is 3. The van der Waals surface area contributed by atoms with Crippen molar-refractivity contribution in [2.24, 2.45) is 7.05 Å². The topological polar surface area (TPSA) is 76.9 Å². The average Bonchev–Trinajstić information content (AvgIpc) is 3.17. The van der Waals surface area contributed by atoms with Gasteiger partial charge in [-0.3, -0.25) is 14.2 Å². The van der Waals surface area contributed by atoms with E-state index in [-0.39, 0.29) is 17.2 Å². The highest BCUT2D eigenvalue weighted by Crippen LogP contribution is 2.29. The van der Waals surface area contributed by atoms with Crippen molar-refractivity contribution < 1.29 is 4.79 Å². The van der Waals surface area contributed by atoms with E-state index >= 15 is 0 Å². The number of hydrogen-bond donors (Lipinski definition) is 1. The number of aromatic nitrogens is 3. The van der Waals surface area contributed by atoms with Crippen LogP contribution < -0.4 is 10.9 Å². The molecule has 0 aliphatic heterocycles. The molecule has 0 saturated carbocycles. The van der Waals surface area contributed by atoms with E-state index in [0.717, 1.165) is 33.9 Å². The molecule has 0 aliphatic rings. The van der Waals surface area contributed by atoms with Crippen LogP contribution in [0.5, 0.6) is 0 Å². The third kappa shape index (κ3) is 4.40. The van der Waals surface area contributed by atoms with E-state index in [1.807, 2.05) is 63.2 Å². The Morgan fingerprint density at radius 2 is 1.84 bits per heavy atom. The summed E-state index contributed by atoms with van der Waals surface area (Å²) in [4.78, 5) is 30.0. The zero-order valence-corrected chi connectivity index (χ0v) is 19.4. The van der Waals surface area contributed by atoms with Gasteiger partial charge in [-0.2, -0.15) is 4.37 Å². The number of hydrogen-bond acceptors (Lipinski definition) is 6. The van der Waals surface area contributed by atoms with Crippen LogP contribution in [0.3, 0.4) is 0 Å². The summed E-state index contributed by atoms with van der Waals surface area (Å²) >= 11 is 2.39. The van der Waals surface area contributed by atoms with Crippen LogP contribution in [0.2, 0.25) is 0 Å². The molecule has 0 aliphatic carbocycles. The summed E-state index contributed by atoms with van der Waals surface area (Å²) in [5.74, 6) is 0.000617. The number of benzene rings is 2. The van der Waals surface area contributed by atoms with E-state index in [0.29, 0.717) is 21.1 Å². The molecule has 4 rings (SSSR count). The first-order chi connectivity index (χ1) is 14.8. The van der Waals surface area contributed by atoms with Crippen LogP contribution in [0.25, 0.3) is 21.5 Å². The molecule has 0 fully saturated rings. The molecule has 31 heavy (non-hydrogen) atoms. The Kier molecular flexibility index (Phi) is 5.93. The molecule has 0 saturated heterocycles. The number of anilines is 1. The lowest BCUT2D eigenvalue weighted by molar-refractivity contribution is -0.113. The summed E-state index contributed by atoms with van der Waals surface area (Å²) < 4.78 is 6.48. The molecule has 158 valence electrons. The summed E-state index contributed by atoms with van der Waals surface area (Å²) in [5.41, 5.74) is 6.24. The standard InChI is InChI=1S/C23H22N4O2S2/c1-13-5-8-16(9-6-13)19-20-21(31-26-19)22(29)27(4)23(25-20)30-12-18(28)24-17-10-7-14(2)15(3)11-17/h5-11H,12H2,1-4H3,(H,24,28). The SMILES string of the molecule is Cc1ccc(-c2nsc3c(=O)n(C)c(SCC(=O)Nc4ccc(C)c(C)c4)nc23)cc1. The first kappa shape index (κ1) is 21.3. The summed E-state index contributed by atoms with van der Waals surface area (Å²) in [6, 6.07) is 13.8. The number of rotatable bonds is 5. The van der Waals surface area contributed by atoms with Gasteiger partial charge in [-0.05, 0) is 55.6 Å². The number of nitrogens with one attached hydrogen (secondary N) is 1. The number of carbonyl (C=O) groups excluding carboxylic acids is 1. The van der Waals surface area contributed by atoms with Crippen molar-refractivity contribution in [1.82, 2.24) is 13.9 Å². The van der Waals surface area contributed by atoms with Crippen molar-refractivity contribution in [3.05, 3.63) is 69.5 Å². The van der Waals surface area contributed by atoms with Gasteiger partial charge in [-0.15, -0.1) is 0 Å². The zero-order chi connectivity index (χ0) is 22.1. The van der Waals surface area contributed by atoms with Crippen LogP contribution in [0.1, 0.15) is 16.7 Å². The van der Waals surface area contributed by atoms with Crippen molar-refractivity contribution in [2.45, 2.75) is 25.9 Å². The number of nitrogens with zero attached hydrogens (tertiary/aromatic N) is 3. The van der Waals surface area contributed by atoms with Crippen molar-refractivity contribution in [3.63, 3.8) is 0 Å². The summed E-state index contributed by atoms with van der Waals surface area (Å²) in [6.07, 6.45) is 0. The Morgan fingerprint density at radius 3 is 2.55 bits per heavy atom. The number of amides is 1. The molecule has 0 atom stereocenters. The van der Waals surface area contributed by atoms with Gasteiger partial charge in [0.25, 0.3) is 5.56 Å². The Balaban J connectivity index is 1.58. The van der Waals surface area contributed by atoms with Crippen LogP contribution >= 0.6 is 23.3 Å². The third-order valence-electron chi connectivity index (χ3n) is 5.11. The summed E-state index contributed by atoms with van der Waals surface area (Å²) in [6.45, 7) is 6.06. The lowest BCUT2D eigenvalue weighted by Gasteiger charge is -2.09. The molecule has 0 radical (unpaired) electrons. The van der Waals surface area contributed by atoms with Crippen LogP contribution in [-0.4, -0.2) is 25.6 Å². The maximum absolute atomic E-state index is 12.8. The van der Waals surface area contributed by atoms with Crippen LogP contribution in [0.4, 0.5) is 5.69 Å².